The van der Waals surface area contributed by atoms with Crippen LogP contribution in [0, 0.1) is 6.92 Å². The zero-order chi connectivity index (χ0) is 31.6. The van der Waals surface area contributed by atoms with Gasteiger partial charge in [0.05, 0.1) is 36.0 Å². The normalized spacial score (nSPS) is 15.3. The van der Waals surface area contributed by atoms with Gasteiger partial charge in [0.1, 0.15) is 19.0 Å². The number of aliphatic hydroxyl groups is 1. The lowest BCUT2D eigenvalue weighted by molar-refractivity contribution is -0.136. The maximum Gasteiger partial charge on any atom is 0.337 e. The maximum absolute atomic E-state index is 12.4. The zero-order valence-corrected chi connectivity index (χ0v) is 26.4. The molecule has 12 heteroatoms. The van der Waals surface area contributed by atoms with E-state index in [1.54, 1.807) is 31.3 Å². The fourth-order valence-electron chi connectivity index (χ4n) is 4.50. The van der Waals surface area contributed by atoms with Gasteiger partial charge in [-0.3, -0.25) is 5.43 Å². The van der Waals surface area contributed by atoms with Crippen molar-refractivity contribution >= 4 is 34.1 Å². The number of rotatable bonds is 13. The van der Waals surface area contributed by atoms with Crippen molar-refractivity contribution in [3.05, 3.63) is 98.7 Å². The Morgan fingerprint density at radius 3 is 2.59 bits per heavy atom. The molecule has 0 fully saturated rings. The molecule has 0 bridgehead atoms. The van der Waals surface area contributed by atoms with E-state index in [4.69, 9.17) is 18.9 Å². The first-order valence-corrected chi connectivity index (χ1v) is 14.7. The number of methoxy groups -OCH3 is 1. The minimum atomic E-state index is -1.12. The molecule has 0 spiro atoms. The van der Waals surface area contributed by atoms with Crippen molar-refractivity contribution in [3.8, 4) is 17.2 Å². The van der Waals surface area contributed by atoms with E-state index in [1.165, 1.54) is 12.7 Å². The maximum atomic E-state index is 12.4. The third-order valence-corrected chi connectivity index (χ3v) is 7.16. The first-order valence-electron chi connectivity index (χ1n) is 13.9. The first kappa shape index (κ1) is 32.4. The second kappa shape index (κ2) is 15.3. The molecule has 2 atom stereocenters. The van der Waals surface area contributed by atoms with Crippen molar-refractivity contribution in [2.75, 3.05) is 20.3 Å². The second-order valence-electron chi connectivity index (χ2n) is 9.88. The van der Waals surface area contributed by atoms with Gasteiger partial charge in [0.15, 0.2) is 17.7 Å². The number of aryl methyl sites for hydroxylation is 1. The molecular formula is C32H35BrN4O7. The van der Waals surface area contributed by atoms with E-state index in [-0.39, 0.29) is 12.2 Å². The van der Waals surface area contributed by atoms with Gasteiger partial charge in [-0.05, 0) is 83.7 Å². The lowest BCUT2D eigenvalue weighted by Crippen LogP contribution is -2.45. The summed E-state index contributed by atoms with van der Waals surface area (Å²) in [6.07, 6.45) is 0.446. The Morgan fingerprint density at radius 2 is 1.86 bits per heavy atom. The topological polar surface area (TPSA) is 140 Å². The standard InChI is InChI=1S/C32H35BrN4O7/c1-5-42-27-15-23(30-29(31(39)41-4)20(3)35-32(40)36-30)10-12-26(27)44-18-28(38)37-34-16-21-9-11-25(24(33)14-21)43-17-22-8-6-7-19(2)13-22/h6-16,28,30,37-38H,5,17-18H2,1-4H3,(H2,35,36,40)/b34-16-/t28-,30+/m1/s1. The summed E-state index contributed by atoms with van der Waals surface area (Å²) in [4.78, 5) is 24.6. The lowest BCUT2D eigenvalue weighted by Gasteiger charge is -2.28. The predicted octanol–water partition coefficient (Wildman–Crippen LogP) is 4.86. The third kappa shape index (κ3) is 8.51. The summed E-state index contributed by atoms with van der Waals surface area (Å²) in [5.41, 5.74) is 6.95. The number of nitrogens with zero attached hydrogens (tertiary/aromatic N) is 1. The number of esters is 1. The molecule has 0 saturated carbocycles. The van der Waals surface area contributed by atoms with Crippen molar-refractivity contribution < 1.29 is 33.6 Å². The molecule has 2 amide bonds. The number of hydrogen-bond acceptors (Lipinski definition) is 9. The largest absolute Gasteiger partial charge is 0.490 e. The van der Waals surface area contributed by atoms with Gasteiger partial charge in [0, 0.05) is 5.70 Å². The summed E-state index contributed by atoms with van der Waals surface area (Å²) >= 11 is 3.54. The number of carbonyl (C=O) groups is 2. The Bertz CT molecular complexity index is 1560. The molecule has 232 valence electrons. The molecule has 0 aliphatic carbocycles. The molecule has 11 nitrogen and oxygen atoms in total. The number of hydrogen-bond donors (Lipinski definition) is 4. The van der Waals surface area contributed by atoms with Crippen LogP contribution in [-0.4, -0.2) is 49.9 Å². The van der Waals surface area contributed by atoms with Crippen molar-refractivity contribution in [1.82, 2.24) is 16.1 Å². The van der Waals surface area contributed by atoms with Crippen molar-refractivity contribution in [2.45, 2.75) is 39.6 Å². The van der Waals surface area contributed by atoms with E-state index in [0.717, 1.165) is 15.6 Å². The summed E-state index contributed by atoms with van der Waals surface area (Å²) in [6, 6.07) is 17.5. The summed E-state index contributed by atoms with van der Waals surface area (Å²) in [5, 5.41) is 19.9. The summed E-state index contributed by atoms with van der Waals surface area (Å²) in [5.74, 6) is 0.885. The van der Waals surface area contributed by atoms with Crippen LogP contribution in [0.3, 0.4) is 0 Å². The van der Waals surface area contributed by atoms with Crippen LogP contribution in [0.25, 0.3) is 0 Å². The van der Waals surface area contributed by atoms with Gasteiger partial charge in [-0.2, -0.15) is 5.10 Å². The van der Waals surface area contributed by atoms with Crippen LogP contribution in [0.4, 0.5) is 4.79 Å². The van der Waals surface area contributed by atoms with E-state index in [0.29, 0.717) is 41.7 Å². The number of nitrogens with one attached hydrogen (secondary N) is 3. The number of carbonyl (C=O) groups excluding carboxylic acids is 2. The lowest BCUT2D eigenvalue weighted by atomic mass is 9.95. The minimum absolute atomic E-state index is 0.136. The monoisotopic (exact) mass is 666 g/mol. The molecule has 44 heavy (non-hydrogen) atoms. The Kier molecular flexibility index (Phi) is 11.2. The number of ether oxygens (including phenoxy) is 4. The Hall–Kier alpha value is -4.55. The number of allylic oxidation sites excluding steroid dienone is 1. The minimum Gasteiger partial charge on any atom is -0.490 e. The van der Waals surface area contributed by atoms with Crippen LogP contribution in [-0.2, 0) is 16.1 Å². The number of hydrazone groups is 1. The number of urea groups is 1. The molecule has 0 saturated heterocycles. The zero-order valence-electron chi connectivity index (χ0n) is 24.8. The van der Waals surface area contributed by atoms with Gasteiger partial charge in [0.2, 0.25) is 0 Å². The van der Waals surface area contributed by atoms with Crippen LogP contribution < -0.4 is 30.3 Å². The predicted molar refractivity (Wildman–Crippen MR) is 169 cm³/mol. The molecule has 0 aromatic heterocycles. The van der Waals surface area contributed by atoms with Gasteiger partial charge in [-0.25, -0.2) is 9.59 Å². The Labute approximate surface area is 264 Å². The molecule has 0 radical (unpaired) electrons. The number of benzene rings is 3. The van der Waals surface area contributed by atoms with Crippen molar-refractivity contribution in [2.24, 2.45) is 5.10 Å². The van der Waals surface area contributed by atoms with Crippen LogP contribution in [0.5, 0.6) is 17.2 Å². The van der Waals surface area contributed by atoms with Gasteiger partial charge < -0.3 is 34.7 Å². The Balaban J connectivity index is 1.34. The summed E-state index contributed by atoms with van der Waals surface area (Å²) in [7, 11) is 1.28. The summed E-state index contributed by atoms with van der Waals surface area (Å²) in [6.45, 7) is 6.15. The van der Waals surface area contributed by atoms with Crippen molar-refractivity contribution in [3.63, 3.8) is 0 Å². The number of halogens is 1. The highest BCUT2D eigenvalue weighted by Crippen LogP contribution is 2.35. The van der Waals surface area contributed by atoms with Gasteiger partial charge in [0.25, 0.3) is 0 Å². The van der Waals surface area contributed by atoms with Crippen LogP contribution in [0.2, 0.25) is 0 Å². The van der Waals surface area contributed by atoms with Gasteiger partial charge in [-0.1, -0.05) is 35.9 Å². The number of amides is 2. The van der Waals surface area contributed by atoms with E-state index in [9.17, 15) is 14.7 Å². The van der Waals surface area contributed by atoms with Crippen molar-refractivity contribution in [1.29, 1.82) is 0 Å². The molecule has 3 aromatic carbocycles. The van der Waals surface area contributed by atoms with Gasteiger partial charge >= 0.3 is 12.0 Å². The molecule has 4 rings (SSSR count). The fourth-order valence-corrected chi connectivity index (χ4v) is 5.01. The van der Waals surface area contributed by atoms with Crippen LogP contribution in [0.1, 0.15) is 42.1 Å². The van der Waals surface area contributed by atoms with E-state index in [2.05, 4.69) is 43.2 Å². The molecular weight excluding hydrogens is 632 g/mol. The second-order valence-corrected chi connectivity index (χ2v) is 10.7. The molecule has 0 unspecified atom stereocenters. The summed E-state index contributed by atoms with van der Waals surface area (Å²) < 4.78 is 23.2. The Morgan fingerprint density at radius 1 is 1.07 bits per heavy atom. The smallest absolute Gasteiger partial charge is 0.337 e. The average molecular weight is 668 g/mol. The SMILES string of the molecule is CCOc1cc([C@@H]2NC(=O)NC(C)=C2C(=O)OC)ccc1OC[C@@H](O)N/N=C\c1ccc(OCc2cccc(C)c2)c(Br)c1. The molecule has 1 aliphatic heterocycles. The van der Waals surface area contributed by atoms with Gasteiger partial charge in [-0.15, -0.1) is 0 Å². The van der Waals surface area contributed by atoms with E-state index >= 15 is 0 Å². The molecule has 3 aromatic rings. The van der Waals surface area contributed by atoms with E-state index < -0.39 is 24.3 Å². The van der Waals surface area contributed by atoms with E-state index in [1.807, 2.05) is 50.2 Å². The molecule has 4 N–H and O–H groups in total. The fraction of sp³-hybridized carbons (Fsp3) is 0.281. The highest BCUT2D eigenvalue weighted by molar-refractivity contribution is 9.10. The highest BCUT2D eigenvalue weighted by Gasteiger charge is 2.32. The molecule has 1 heterocycles. The third-order valence-electron chi connectivity index (χ3n) is 6.54. The average Bonchev–Trinajstić information content (AvgIpc) is 2.99. The molecule has 1 aliphatic rings. The quantitative estimate of drug-likeness (QED) is 0.0878. The van der Waals surface area contributed by atoms with Crippen LogP contribution >= 0.6 is 15.9 Å². The highest BCUT2D eigenvalue weighted by atomic mass is 79.9. The van der Waals surface area contributed by atoms with Crippen LogP contribution in [0.15, 0.2) is 81.5 Å². The first-order chi connectivity index (χ1) is 21.2. The number of aliphatic hydroxyl groups excluding tert-OH is 1.